The molecule has 2 heterocycles. The van der Waals surface area contributed by atoms with Gasteiger partial charge in [0.15, 0.2) is 0 Å². The van der Waals surface area contributed by atoms with E-state index in [4.69, 9.17) is 5.26 Å². The lowest BCUT2D eigenvalue weighted by Gasteiger charge is -2.29. The molecular formula is C10H13N5O3S2. The highest BCUT2D eigenvalue weighted by atomic mass is 32.2. The van der Waals surface area contributed by atoms with Crippen molar-refractivity contribution in [3.63, 3.8) is 0 Å². The number of hydrogen-bond acceptors (Lipinski definition) is 7. The summed E-state index contributed by atoms with van der Waals surface area (Å²) in [5.41, 5.74) is 0. The van der Waals surface area contributed by atoms with E-state index in [1.165, 1.54) is 6.92 Å². The molecule has 1 aliphatic heterocycles. The van der Waals surface area contributed by atoms with Gasteiger partial charge in [-0.25, -0.2) is 8.42 Å². The van der Waals surface area contributed by atoms with Crippen molar-refractivity contribution in [2.45, 2.75) is 36.6 Å². The third kappa shape index (κ3) is 2.95. The smallest absolute Gasteiger partial charge is 0.273 e. The molecule has 108 valence electrons. The van der Waals surface area contributed by atoms with E-state index in [-0.39, 0.29) is 15.4 Å². The van der Waals surface area contributed by atoms with Gasteiger partial charge in [-0.15, -0.1) is 10.2 Å². The summed E-state index contributed by atoms with van der Waals surface area (Å²) in [7, 11) is -3.83. The van der Waals surface area contributed by atoms with Gasteiger partial charge in [0.05, 0.1) is 6.07 Å². The van der Waals surface area contributed by atoms with Crippen LogP contribution >= 0.6 is 11.3 Å². The molecule has 2 rings (SSSR count). The molecule has 10 heteroatoms. The number of rotatable bonds is 3. The number of amides is 1. The summed E-state index contributed by atoms with van der Waals surface area (Å²) >= 11 is 0.781. The summed E-state index contributed by atoms with van der Waals surface area (Å²) in [5, 5.41) is 18.8. The van der Waals surface area contributed by atoms with E-state index in [9.17, 15) is 13.2 Å². The van der Waals surface area contributed by atoms with E-state index in [0.29, 0.717) is 13.0 Å². The fourth-order valence-electron chi connectivity index (χ4n) is 1.94. The number of piperidine rings is 1. The quantitative estimate of drug-likeness (QED) is 0.815. The molecule has 20 heavy (non-hydrogen) atoms. The minimum absolute atomic E-state index is 0.126. The maximum Gasteiger partial charge on any atom is 0.273 e. The van der Waals surface area contributed by atoms with Crippen molar-refractivity contribution in [3.8, 4) is 6.07 Å². The van der Waals surface area contributed by atoms with Crippen LogP contribution in [0.15, 0.2) is 4.34 Å². The van der Waals surface area contributed by atoms with Crippen LogP contribution in [-0.2, 0) is 14.8 Å². The van der Waals surface area contributed by atoms with Crippen LogP contribution in [-0.4, -0.2) is 41.4 Å². The van der Waals surface area contributed by atoms with E-state index in [1.807, 2.05) is 6.07 Å². The lowest BCUT2D eigenvalue weighted by atomic mass is 10.1. The Morgan fingerprint density at radius 2 is 2.25 bits per heavy atom. The van der Waals surface area contributed by atoms with Gasteiger partial charge in [-0.1, -0.05) is 11.3 Å². The highest BCUT2D eigenvalue weighted by molar-refractivity contribution is 7.91. The molecule has 8 nitrogen and oxygen atoms in total. The molecule has 0 bridgehead atoms. The normalized spacial score (nSPS) is 20.3. The Balaban J connectivity index is 2.27. The highest BCUT2D eigenvalue weighted by Gasteiger charge is 2.36. The van der Waals surface area contributed by atoms with Gasteiger partial charge < -0.3 is 5.32 Å². The van der Waals surface area contributed by atoms with Crippen LogP contribution in [0.5, 0.6) is 0 Å². The van der Waals surface area contributed by atoms with Gasteiger partial charge in [0.1, 0.15) is 6.04 Å². The monoisotopic (exact) mass is 315 g/mol. The Labute approximate surface area is 120 Å². The molecule has 1 N–H and O–H groups in total. The SMILES string of the molecule is CC(=O)Nc1nnc(S(=O)(=O)N2CCCCC2C#N)s1. The first-order chi connectivity index (χ1) is 9.45. The largest absolute Gasteiger partial charge is 0.301 e. The Bertz CT molecular complexity index is 648. The van der Waals surface area contributed by atoms with Crippen LogP contribution in [0.25, 0.3) is 0 Å². The second kappa shape index (κ2) is 5.82. The molecule has 1 aliphatic rings. The summed E-state index contributed by atoms with van der Waals surface area (Å²) < 4.78 is 25.8. The van der Waals surface area contributed by atoms with Gasteiger partial charge >= 0.3 is 0 Å². The molecule has 1 aromatic heterocycles. The molecule has 0 saturated carbocycles. The van der Waals surface area contributed by atoms with Crippen molar-refractivity contribution < 1.29 is 13.2 Å². The fourth-order valence-corrected chi connectivity index (χ4v) is 4.61. The van der Waals surface area contributed by atoms with Crippen LogP contribution in [0.1, 0.15) is 26.2 Å². The standard InChI is InChI=1S/C10H13N5O3S2/c1-7(16)12-9-13-14-10(19-9)20(17,18)15-5-3-2-4-8(15)6-11/h8H,2-5H2,1H3,(H,12,13,16). The summed E-state index contributed by atoms with van der Waals surface area (Å²) in [5.74, 6) is -0.349. The van der Waals surface area contributed by atoms with E-state index in [1.54, 1.807) is 0 Å². The van der Waals surface area contributed by atoms with Crippen molar-refractivity contribution in [2.75, 3.05) is 11.9 Å². The Morgan fingerprint density at radius 1 is 1.50 bits per heavy atom. The first-order valence-electron chi connectivity index (χ1n) is 5.97. The minimum Gasteiger partial charge on any atom is -0.301 e. The minimum atomic E-state index is -3.83. The summed E-state index contributed by atoms with van der Waals surface area (Å²) in [6.07, 6.45) is 2.07. The zero-order valence-corrected chi connectivity index (χ0v) is 12.4. The average molecular weight is 315 g/mol. The van der Waals surface area contributed by atoms with Gasteiger partial charge in [0, 0.05) is 13.5 Å². The molecule has 1 unspecified atom stereocenters. The maximum atomic E-state index is 12.4. The first kappa shape index (κ1) is 14.8. The molecule has 1 saturated heterocycles. The third-order valence-electron chi connectivity index (χ3n) is 2.82. The lowest BCUT2D eigenvalue weighted by molar-refractivity contribution is -0.114. The van der Waals surface area contributed by atoms with Crippen molar-refractivity contribution in [3.05, 3.63) is 0 Å². The number of nitriles is 1. The predicted octanol–water partition coefficient (Wildman–Crippen LogP) is 0.563. The fraction of sp³-hybridized carbons (Fsp3) is 0.600. The van der Waals surface area contributed by atoms with Crippen molar-refractivity contribution in [1.82, 2.24) is 14.5 Å². The number of aromatic nitrogens is 2. The van der Waals surface area contributed by atoms with Crippen LogP contribution < -0.4 is 5.32 Å². The molecule has 0 radical (unpaired) electrons. The molecule has 1 atom stereocenters. The predicted molar refractivity (Wildman–Crippen MR) is 71.4 cm³/mol. The van der Waals surface area contributed by atoms with Gasteiger partial charge in [-0.2, -0.15) is 9.57 Å². The zero-order chi connectivity index (χ0) is 14.8. The molecule has 1 fully saturated rings. The molecule has 1 amide bonds. The second-order valence-corrected chi connectivity index (χ2v) is 7.35. The number of sulfonamides is 1. The van der Waals surface area contributed by atoms with E-state index >= 15 is 0 Å². The molecule has 0 aliphatic carbocycles. The zero-order valence-electron chi connectivity index (χ0n) is 10.7. The molecular weight excluding hydrogens is 302 g/mol. The number of anilines is 1. The number of carbonyl (C=O) groups is 1. The Hall–Kier alpha value is -1.57. The van der Waals surface area contributed by atoms with Crippen LogP contribution in [0.2, 0.25) is 0 Å². The van der Waals surface area contributed by atoms with E-state index in [0.717, 1.165) is 28.5 Å². The van der Waals surface area contributed by atoms with Crippen LogP contribution in [0, 0.1) is 11.3 Å². The third-order valence-corrected chi connectivity index (χ3v) is 5.91. The summed E-state index contributed by atoms with van der Waals surface area (Å²) in [6, 6.07) is 1.34. The summed E-state index contributed by atoms with van der Waals surface area (Å²) in [4.78, 5) is 10.9. The topological polar surface area (TPSA) is 116 Å². The number of hydrogen-bond donors (Lipinski definition) is 1. The Morgan fingerprint density at radius 3 is 2.90 bits per heavy atom. The average Bonchev–Trinajstić information content (AvgIpc) is 2.87. The van der Waals surface area contributed by atoms with Gasteiger partial charge in [-0.05, 0) is 19.3 Å². The molecule has 1 aromatic rings. The van der Waals surface area contributed by atoms with Crippen LogP contribution in [0.4, 0.5) is 5.13 Å². The van der Waals surface area contributed by atoms with Crippen molar-refractivity contribution in [2.24, 2.45) is 0 Å². The van der Waals surface area contributed by atoms with Crippen LogP contribution in [0.3, 0.4) is 0 Å². The van der Waals surface area contributed by atoms with Crippen molar-refractivity contribution >= 4 is 32.4 Å². The number of carbonyl (C=O) groups excluding carboxylic acids is 1. The molecule has 0 spiro atoms. The van der Waals surface area contributed by atoms with Crippen molar-refractivity contribution in [1.29, 1.82) is 5.26 Å². The lowest BCUT2D eigenvalue weighted by Crippen LogP contribution is -2.42. The van der Waals surface area contributed by atoms with E-state index < -0.39 is 16.1 Å². The number of nitrogens with one attached hydrogen (secondary N) is 1. The first-order valence-corrected chi connectivity index (χ1v) is 8.23. The second-order valence-electron chi connectivity index (χ2n) is 4.31. The Kier molecular flexibility index (Phi) is 4.32. The van der Waals surface area contributed by atoms with Gasteiger partial charge in [0.2, 0.25) is 15.4 Å². The van der Waals surface area contributed by atoms with E-state index in [2.05, 4.69) is 15.5 Å². The maximum absolute atomic E-state index is 12.4. The number of nitrogens with zero attached hydrogens (tertiary/aromatic N) is 4. The van der Waals surface area contributed by atoms with Gasteiger partial charge in [-0.3, -0.25) is 4.79 Å². The summed E-state index contributed by atoms with van der Waals surface area (Å²) in [6.45, 7) is 1.60. The molecule has 0 aromatic carbocycles. The van der Waals surface area contributed by atoms with Gasteiger partial charge in [0.25, 0.3) is 10.0 Å². The highest BCUT2D eigenvalue weighted by Crippen LogP contribution is 2.28.